The van der Waals surface area contributed by atoms with Gasteiger partial charge in [-0.2, -0.15) is 0 Å². The van der Waals surface area contributed by atoms with E-state index in [4.69, 9.17) is 4.42 Å². The van der Waals surface area contributed by atoms with Crippen LogP contribution in [-0.4, -0.2) is 47.6 Å². The lowest BCUT2D eigenvalue weighted by Gasteiger charge is -2.30. The average molecular weight is 344 g/mol. The van der Waals surface area contributed by atoms with Gasteiger partial charge in [0.25, 0.3) is 5.91 Å². The first-order valence-electron chi connectivity index (χ1n) is 8.66. The number of aliphatic hydroxyl groups excluding tert-OH is 1. The molecule has 0 saturated carbocycles. The van der Waals surface area contributed by atoms with E-state index in [-0.39, 0.29) is 18.6 Å². The third kappa shape index (κ3) is 4.94. The standard InChI is InChI=1S/C20H28N2O3/c1-5-17(14-23)22(12-16-9-7-6-8-15(16)2)20(24)19-11-10-18(25-19)13-21(3)4/h6-11,17,23H,5,12-14H2,1-4H3. The molecule has 0 saturated heterocycles. The van der Waals surface area contributed by atoms with Crippen molar-refractivity contribution in [1.82, 2.24) is 9.80 Å². The summed E-state index contributed by atoms with van der Waals surface area (Å²) >= 11 is 0. The summed E-state index contributed by atoms with van der Waals surface area (Å²) < 4.78 is 5.73. The van der Waals surface area contributed by atoms with Crippen molar-refractivity contribution in [1.29, 1.82) is 0 Å². The molecule has 1 atom stereocenters. The van der Waals surface area contributed by atoms with Crippen molar-refractivity contribution < 1.29 is 14.3 Å². The Hall–Kier alpha value is -2.11. The molecular weight excluding hydrogens is 316 g/mol. The molecule has 1 amide bonds. The molecule has 0 bridgehead atoms. The fraction of sp³-hybridized carbons (Fsp3) is 0.450. The molecule has 1 unspecified atom stereocenters. The van der Waals surface area contributed by atoms with Crippen molar-refractivity contribution in [2.45, 2.75) is 39.4 Å². The van der Waals surface area contributed by atoms with E-state index in [1.807, 2.05) is 63.2 Å². The van der Waals surface area contributed by atoms with E-state index in [0.717, 1.165) is 16.9 Å². The molecular formula is C20H28N2O3. The lowest BCUT2D eigenvalue weighted by atomic mass is 10.1. The predicted molar refractivity (Wildman–Crippen MR) is 98.3 cm³/mol. The Kier molecular flexibility index (Phi) is 6.79. The molecule has 0 aliphatic rings. The summed E-state index contributed by atoms with van der Waals surface area (Å²) in [4.78, 5) is 16.7. The molecule has 1 aromatic heterocycles. The van der Waals surface area contributed by atoms with Crippen LogP contribution in [0.2, 0.25) is 0 Å². The molecule has 136 valence electrons. The molecule has 1 aromatic carbocycles. The topological polar surface area (TPSA) is 56.9 Å². The van der Waals surface area contributed by atoms with E-state index in [1.54, 1.807) is 11.0 Å². The SMILES string of the molecule is CCC(CO)N(Cc1ccccc1C)C(=O)c1ccc(CN(C)C)o1. The van der Waals surface area contributed by atoms with Gasteiger partial charge >= 0.3 is 0 Å². The Bertz CT molecular complexity index is 690. The number of benzene rings is 1. The van der Waals surface area contributed by atoms with E-state index < -0.39 is 0 Å². The molecule has 0 fully saturated rings. The lowest BCUT2D eigenvalue weighted by molar-refractivity contribution is 0.0529. The van der Waals surface area contributed by atoms with Crippen LogP contribution in [0.15, 0.2) is 40.8 Å². The van der Waals surface area contributed by atoms with Gasteiger partial charge in [0.15, 0.2) is 5.76 Å². The van der Waals surface area contributed by atoms with E-state index in [2.05, 4.69) is 0 Å². The van der Waals surface area contributed by atoms with Crippen LogP contribution in [0.3, 0.4) is 0 Å². The summed E-state index contributed by atoms with van der Waals surface area (Å²) in [5, 5.41) is 9.73. The second-order valence-corrected chi connectivity index (χ2v) is 6.61. The molecule has 1 N–H and O–H groups in total. The molecule has 2 rings (SSSR count). The minimum atomic E-state index is -0.241. The molecule has 2 aromatic rings. The maximum Gasteiger partial charge on any atom is 0.290 e. The average Bonchev–Trinajstić information content (AvgIpc) is 3.03. The van der Waals surface area contributed by atoms with Crippen LogP contribution in [0.5, 0.6) is 0 Å². The van der Waals surface area contributed by atoms with Crippen molar-refractivity contribution >= 4 is 5.91 Å². The van der Waals surface area contributed by atoms with E-state index in [0.29, 0.717) is 25.3 Å². The van der Waals surface area contributed by atoms with Crippen LogP contribution in [0.1, 0.15) is 40.8 Å². The van der Waals surface area contributed by atoms with Crippen LogP contribution >= 0.6 is 0 Å². The first kappa shape index (κ1) is 19.2. The molecule has 0 aliphatic carbocycles. The zero-order valence-corrected chi connectivity index (χ0v) is 15.5. The van der Waals surface area contributed by atoms with Crippen molar-refractivity contribution in [2.75, 3.05) is 20.7 Å². The highest BCUT2D eigenvalue weighted by molar-refractivity contribution is 5.91. The number of aryl methyl sites for hydroxylation is 1. The van der Waals surface area contributed by atoms with Crippen LogP contribution in [0, 0.1) is 6.92 Å². The highest BCUT2D eigenvalue weighted by atomic mass is 16.4. The number of rotatable bonds is 8. The van der Waals surface area contributed by atoms with Gasteiger partial charge in [0.05, 0.1) is 19.2 Å². The summed E-state index contributed by atoms with van der Waals surface area (Å²) in [6.07, 6.45) is 0.680. The number of aliphatic hydroxyl groups is 1. The van der Waals surface area contributed by atoms with Crippen molar-refractivity contribution in [3.05, 3.63) is 59.0 Å². The third-order valence-corrected chi connectivity index (χ3v) is 4.33. The summed E-state index contributed by atoms with van der Waals surface area (Å²) in [5.74, 6) is 0.882. The number of amides is 1. The van der Waals surface area contributed by atoms with Crippen molar-refractivity contribution in [2.24, 2.45) is 0 Å². The molecule has 1 heterocycles. The summed E-state index contributed by atoms with van der Waals surface area (Å²) in [6.45, 7) is 5.02. The smallest absolute Gasteiger partial charge is 0.290 e. The summed E-state index contributed by atoms with van der Waals surface area (Å²) in [6, 6.07) is 11.3. The lowest BCUT2D eigenvalue weighted by Crippen LogP contribution is -2.41. The van der Waals surface area contributed by atoms with Crippen LogP contribution in [-0.2, 0) is 13.1 Å². The number of carbonyl (C=O) groups is 1. The first-order valence-corrected chi connectivity index (χ1v) is 8.66. The van der Waals surface area contributed by atoms with Crippen LogP contribution < -0.4 is 0 Å². The molecule has 5 heteroatoms. The molecule has 25 heavy (non-hydrogen) atoms. The largest absolute Gasteiger partial charge is 0.455 e. The van der Waals surface area contributed by atoms with Gasteiger partial charge in [-0.15, -0.1) is 0 Å². The van der Waals surface area contributed by atoms with Crippen LogP contribution in [0.4, 0.5) is 0 Å². The maximum atomic E-state index is 13.0. The zero-order valence-electron chi connectivity index (χ0n) is 15.5. The Balaban J connectivity index is 2.26. The minimum absolute atomic E-state index is 0.0701. The van der Waals surface area contributed by atoms with Gasteiger partial charge < -0.3 is 19.3 Å². The minimum Gasteiger partial charge on any atom is -0.455 e. The monoisotopic (exact) mass is 344 g/mol. The molecule has 0 spiro atoms. The predicted octanol–water partition coefficient (Wildman–Crippen LogP) is 3.06. The zero-order chi connectivity index (χ0) is 18.4. The number of hydrogen-bond acceptors (Lipinski definition) is 4. The van der Waals surface area contributed by atoms with Crippen molar-refractivity contribution in [3.8, 4) is 0 Å². The summed E-state index contributed by atoms with van der Waals surface area (Å²) in [5.41, 5.74) is 2.20. The highest BCUT2D eigenvalue weighted by Gasteiger charge is 2.26. The second-order valence-electron chi connectivity index (χ2n) is 6.61. The number of hydrogen-bond donors (Lipinski definition) is 1. The fourth-order valence-corrected chi connectivity index (χ4v) is 2.82. The fourth-order valence-electron chi connectivity index (χ4n) is 2.82. The highest BCUT2D eigenvalue weighted by Crippen LogP contribution is 2.19. The van der Waals surface area contributed by atoms with E-state index in [9.17, 15) is 9.90 Å². The quantitative estimate of drug-likeness (QED) is 0.800. The van der Waals surface area contributed by atoms with Gasteiger partial charge in [0.2, 0.25) is 0 Å². The van der Waals surface area contributed by atoms with Gasteiger partial charge in [-0.25, -0.2) is 0 Å². The van der Waals surface area contributed by atoms with Gasteiger partial charge in [0, 0.05) is 6.54 Å². The number of furan rings is 1. The normalized spacial score (nSPS) is 12.4. The second kappa shape index (κ2) is 8.83. The van der Waals surface area contributed by atoms with Crippen LogP contribution in [0.25, 0.3) is 0 Å². The van der Waals surface area contributed by atoms with E-state index in [1.165, 1.54) is 0 Å². The van der Waals surface area contributed by atoms with Gasteiger partial charge in [-0.3, -0.25) is 4.79 Å². The molecule has 5 nitrogen and oxygen atoms in total. The molecule has 0 radical (unpaired) electrons. The Morgan fingerprint density at radius 1 is 1.16 bits per heavy atom. The van der Waals surface area contributed by atoms with Gasteiger partial charge in [-0.1, -0.05) is 31.2 Å². The molecule has 0 aliphatic heterocycles. The number of nitrogens with zero attached hydrogens (tertiary/aromatic N) is 2. The Morgan fingerprint density at radius 2 is 1.88 bits per heavy atom. The van der Waals surface area contributed by atoms with Gasteiger partial charge in [0.1, 0.15) is 5.76 Å². The number of carbonyl (C=O) groups excluding carboxylic acids is 1. The van der Waals surface area contributed by atoms with E-state index >= 15 is 0 Å². The Labute approximate surface area is 149 Å². The Morgan fingerprint density at radius 3 is 2.48 bits per heavy atom. The first-order chi connectivity index (χ1) is 12.0. The van der Waals surface area contributed by atoms with Crippen molar-refractivity contribution in [3.63, 3.8) is 0 Å². The van der Waals surface area contributed by atoms with Gasteiger partial charge in [-0.05, 0) is 50.7 Å². The third-order valence-electron chi connectivity index (χ3n) is 4.33. The maximum absolute atomic E-state index is 13.0. The summed E-state index contributed by atoms with van der Waals surface area (Å²) in [7, 11) is 3.90.